The summed E-state index contributed by atoms with van der Waals surface area (Å²) in [6.07, 6.45) is 6.24. The van der Waals surface area contributed by atoms with Crippen LogP contribution in [-0.2, 0) is 6.42 Å². The lowest BCUT2D eigenvalue weighted by molar-refractivity contribution is 0.262. The van der Waals surface area contributed by atoms with Gasteiger partial charge in [0.1, 0.15) is 5.82 Å². The summed E-state index contributed by atoms with van der Waals surface area (Å²) in [5.74, 6) is 0.638. The molecule has 0 bridgehead atoms. The van der Waals surface area contributed by atoms with Crippen LogP contribution in [0.5, 0.6) is 0 Å². The van der Waals surface area contributed by atoms with E-state index in [1.165, 1.54) is 31.7 Å². The minimum Gasteiger partial charge on any atom is -0.311 e. The Morgan fingerprint density at radius 1 is 1.33 bits per heavy atom. The van der Waals surface area contributed by atoms with Crippen molar-refractivity contribution in [1.29, 1.82) is 0 Å². The maximum atomic E-state index is 13.1. The second-order valence-electron chi connectivity index (χ2n) is 5.77. The Morgan fingerprint density at radius 2 is 2.11 bits per heavy atom. The van der Waals surface area contributed by atoms with Crippen molar-refractivity contribution in [2.45, 2.75) is 58.0 Å². The van der Waals surface area contributed by atoms with Gasteiger partial charge in [0.05, 0.1) is 0 Å². The van der Waals surface area contributed by atoms with Gasteiger partial charge in [0.2, 0.25) is 0 Å². The maximum absolute atomic E-state index is 13.1. The molecule has 100 valence electrons. The zero-order valence-electron chi connectivity index (χ0n) is 11.5. The van der Waals surface area contributed by atoms with E-state index in [1.54, 1.807) is 12.1 Å². The molecule has 2 rings (SSSR count). The van der Waals surface area contributed by atoms with Crippen LogP contribution in [0.4, 0.5) is 4.39 Å². The molecular weight excluding hydrogens is 225 g/mol. The highest BCUT2D eigenvalue weighted by molar-refractivity contribution is 5.17. The van der Waals surface area contributed by atoms with Gasteiger partial charge < -0.3 is 5.32 Å². The van der Waals surface area contributed by atoms with Crippen LogP contribution in [0.1, 0.15) is 45.1 Å². The number of benzene rings is 1. The lowest BCUT2D eigenvalue weighted by Gasteiger charge is -2.32. The van der Waals surface area contributed by atoms with Crippen molar-refractivity contribution in [2.24, 2.45) is 5.92 Å². The number of hydrogen-bond acceptors (Lipinski definition) is 1. The normalized spacial score (nSPS) is 25.9. The predicted octanol–water partition coefficient (Wildman–Crippen LogP) is 3.93. The van der Waals surface area contributed by atoms with E-state index < -0.39 is 0 Å². The van der Waals surface area contributed by atoms with E-state index in [-0.39, 0.29) is 5.82 Å². The zero-order valence-corrected chi connectivity index (χ0v) is 11.5. The van der Waals surface area contributed by atoms with Gasteiger partial charge >= 0.3 is 0 Å². The molecule has 0 saturated heterocycles. The summed E-state index contributed by atoms with van der Waals surface area (Å²) >= 11 is 0. The van der Waals surface area contributed by atoms with E-state index in [0.717, 1.165) is 17.9 Å². The first-order chi connectivity index (χ1) is 8.65. The molecule has 1 N–H and O–H groups in total. The Labute approximate surface area is 110 Å². The SMILES string of the molecule is CC(Cc1cccc(F)c1)NC1CCCCC1C. The Morgan fingerprint density at radius 3 is 2.83 bits per heavy atom. The fraction of sp³-hybridized carbons (Fsp3) is 0.625. The van der Waals surface area contributed by atoms with E-state index in [2.05, 4.69) is 19.2 Å². The van der Waals surface area contributed by atoms with Crippen LogP contribution in [-0.4, -0.2) is 12.1 Å². The van der Waals surface area contributed by atoms with Crippen LogP contribution in [0.2, 0.25) is 0 Å². The van der Waals surface area contributed by atoms with Crippen molar-refractivity contribution >= 4 is 0 Å². The number of rotatable bonds is 4. The highest BCUT2D eigenvalue weighted by Gasteiger charge is 2.22. The monoisotopic (exact) mass is 249 g/mol. The van der Waals surface area contributed by atoms with Crippen LogP contribution in [0, 0.1) is 11.7 Å². The topological polar surface area (TPSA) is 12.0 Å². The molecule has 0 aromatic heterocycles. The number of hydrogen-bond donors (Lipinski definition) is 1. The number of nitrogens with one attached hydrogen (secondary N) is 1. The fourth-order valence-electron chi connectivity index (χ4n) is 3.01. The second-order valence-corrected chi connectivity index (χ2v) is 5.77. The van der Waals surface area contributed by atoms with Gasteiger partial charge in [-0.3, -0.25) is 0 Å². The highest BCUT2D eigenvalue weighted by atomic mass is 19.1. The molecule has 2 heteroatoms. The minimum absolute atomic E-state index is 0.134. The fourth-order valence-corrected chi connectivity index (χ4v) is 3.01. The van der Waals surface area contributed by atoms with Crippen LogP contribution in [0.3, 0.4) is 0 Å². The van der Waals surface area contributed by atoms with E-state index in [0.29, 0.717) is 12.1 Å². The maximum Gasteiger partial charge on any atom is 0.123 e. The lowest BCUT2D eigenvalue weighted by atomic mass is 9.85. The standard InChI is InChI=1S/C16H24FN/c1-12-6-3-4-9-16(12)18-13(2)10-14-7-5-8-15(17)11-14/h5,7-8,11-13,16,18H,3-4,6,9-10H2,1-2H3. The summed E-state index contributed by atoms with van der Waals surface area (Å²) in [6, 6.07) is 8.00. The molecule has 1 fully saturated rings. The average Bonchev–Trinajstić information content (AvgIpc) is 2.32. The molecule has 1 saturated carbocycles. The van der Waals surface area contributed by atoms with Crippen LogP contribution in [0.25, 0.3) is 0 Å². The van der Waals surface area contributed by atoms with Crippen LogP contribution < -0.4 is 5.32 Å². The molecule has 1 aliphatic rings. The molecule has 18 heavy (non-hydrogen) atoms. The van der Waals surface area contributed by atoms with Gasteiger partial charge in [-0.2, -0.15) is 0 Å². The molecule has 1 nitrogen and oxygen atoms in total. The highest BCUT2D eigenvalue weighted by Crippen LogP contribution is 2.24. The average molecular weight is 249 g/mol. The van der Waals surface area contributed by atoms with E-state index in [1.807, 2.05) is 6.07 Å². The molecule has 0 heterocycles. The molecule has 3 unspecified atom stereocenters. The van der Waals surface area contributed by atoms with Gasteiger partial charge in [0.25, 0.3) is 0 Å². The van der Waals surface area contributed by atoms with E-state index in [4.69, 9.17) is 0 Å². The van der Waals surface area contributed by atoms with Crippen molar-refractivity contribution in [3.63, 3.8) is 0 Å². The third-order valence-electron chi connectivity index (χ3n) is 4.04. The Bertz CT molecular complexity index is 377. The summed E-state index contributed by atoms with van der Waals surface area (Å²) in [5.41, 5.74) is 1.08. The molecule has 0 amide bonds. The first-order valence-electron chi connectivity index (χ1n) is 7.15. The van der Waals surface area contributed by atoms with Crippen molar-refractivity contribution < 1.29 is 4.39 Å². The first-order valence-corrected chi connectivity index (χ1v) is 7.15. The van der Waals surface area contributed by atoms with Crippen molar-refractivity contribution in [3.8, 4) is 0 Å². The predicted molar refractivity (Wildman–Crippen MR) is 74.1 cm³/mol. The second kappa shape index (κ2) is 6.33. The van der Waals surface area contributed by atoms with Crippen molar-refractivity contribution in [1.82, 2.24) is 5.32 Å². The van der Waals surface area contributed by atoms with Gasteiger partial charge in [0, 0.05) is 12.1 Å². The molecule has 0 aliphatic heterocycles. The molecule has 3 atom stereocenters. The first kappa shape index (κ1) is 13.5. The van der Waals surface area contributed by atoms with E-state index >= 15 is 0 Å². The molecule has 0 spiro atoms. The van der Waals surface area contributed by atoms with Gasteiger partial charge in [-0.15, -0.1) is 0 Å². The lowest BCUT2D eigenvalue weighted by Crippen LogP contribution is -2.43. The van der Waals surface area contributed by atoms with Gasteiger partial charge in [-0.05, 0) is 49.8 Å². The molecule has 1 aliphatic carbocycles. The third kappa shape index (κ3) is 3.81. The minimum atomic E-state index is -0.134. The molecule has 1 aromatic carbocycles. The van der Waals surface area contributed by atoms with Gasteiger partial charge in [-0.25, -0.2) is 4.39 Å². The Hall–Kier alpha value is -0.890. The molecular formula is C16H24FN. The zero-order chi connectivity index (χ0) is 13.0. The Kier molecular flexibility index (Phi) is 4.76. The smallest absolute Gasteiger partial charge is 0.123 e. The van der Waals surface area contributed by atoms with Gasteiger partial charge in [0.15, 0.2) is 0 Å². The Balaban J connectivity index is 1.86. The molecule has 1 aromatic rings. The quantitative estimate of drug-likeness (QED) is 0.852. The van der Waals surface area contributed by atoms with E-state index in [9.17, 15) is 4.39 Å². The molecule has 0 radical (unpaired) electrons. The summed E-state index contributed by atoms with van der Waals surface area (Å²) in [7, 11) is 0. The summed E-state index contributed by atoms with van der Waals surface area (Å²) in [6.45, 7) is 4.54. The van der Waals surface area contributed by atoms with Crippen molar-refractivity contribution in [3.05, 3.63) is 35.6 Å². The van der Waals surface area contributed by atoms with Crippen LogP contribution in [0.15, 0.2) is 24.3 Å². The summed E-state index contributed by atoms with van der Waals surface area (Å²) in [5, 5.41) is 3.71. The van der Waals surface area contributed by atoms with Crippen LogP contribution >= 0.6 is 0 Å². The third-order valence-corrected chi connectivity index (χ3v) is 4.04. The largest absolute Gasteiger partial charge is 0.311 e. The summed E-state index contributed by atoms with van der Waals surface area (Å²) < 4.78 is 13.1. The van der Waals surface area contributed by atoms with Gasteiger partial charge in [-0.1, -0.05) is 31.9 Å². The van der Waals surface area contributed by atoms with Crippen molar-refractivity contribution in [2.75, 3.05) is 0 Å². The number of halogens is 1. The summed E-state index contributed by atoms with van der Waals surface area (Å²) in [4.78, 5) is 0.